The van der Waals surface area contributed by atoms with Crippen molar-refractivity contribution in [2.24, 2.45) is 4.99 Å². The van der Waals surface area contributed by atoms with Gasteiger partial charge in [0.05, 0.1) is 16.4 Å². The molecule has 0 saturated carbocycles. The van der Waals surface area contributed by atoms with Gasteiger partial charge in [-0.1, -0.05) is 42.5 Å². The third-order valence-corrected chi connectivity index (χ3v) is 5.73. The van der Waals surface area contributed by atoms with Crippen LogP contribution >= 0.6 is 0 Å². The normalized spacial score (nSPS) is 16.7. The van der Waals surface area contributed by atoms with Crippen molar-refractivity contribution in [1.82, 2.24) is 4.90 Å². The van der Waals surface area contributed by atoms with Gasteiger partial charge in [-0.05, 0) is 39.1 Å². The van der Waals surface area contributed by atoms with Crippen molar-refractivity contribution in [3.05, 3.63) is 98.6 Å². The van der Waals surface area contributed by atoms with Crippen LogP contribution in [0.15, 0.2) is 82.4 Å². The van der Waals surface area contributed by atoms with E-state index >= 15 is 0 Å². The fraction of sp³-hybridized carbons (Fsp3) is 0.308. The molecule has 1 aliphatic rings. The zero-order valence-electron chi connectivity index (χ0n) is 21.2. The van der Waals surface area contributed by atoms with Gasteiger partial charge in [0.15, 0.2) is 0 Å². The third kappa shape index (κ3) is 7.34. The number of aliphatic imine (C=N–C) groups is 1. The number of hydrogen-bond donors (Lipinski definition) is 0. The van der Waals surface area contributed by atoms with E-state index < -0.39 is 22.8 Å². The molecule has 1 heterocycles. The predicted molar refractivity (Wildman–Crippen MR) is 129 cm³/mol. The number of methoxy groups -OCH3 is 1. The molecule has 1 atom stereocenters. The van der Waals surface area contributed by atoms with Crippen molar-refractivity contribution in [3.63, 3.8) is 0 Å². The van der Waals surface area contributed by atoms with Crippen LogP contribution in [0.1, 0.15) is 30.9 Å². The van der Waals surface area contributed by atoms with Gasteiger partial charge < -0.3 is 14.6 Å². The van der Waals surface area contributed by atoms with Gasteiger partial charge in [0.25, 0.3) is 5.69 Å². The number of rotatable bonds is 9. The molecule has 0 aliphatic carbocycles. The molecule has 10 heteroatoms. The van der Waals surface area contributed by atoms with E-state index in [4.69, 9.17) is 9.47 Å². The number of non-ortho nitro benzene ring substituents is 1. The zero-order chi connectivity index (χ0) is 25.5. The van der Waals surface area contributed by atoms with E-state index in [1.807, 2.05) is 42.3 Å². The predicted octanol–water partition coefficient (Wildman–Crippen LogP) is 0.324. The maximum Gasteiger partial charge on any atom is 1.00 e. The molecule has 184 valence electrons. The topological polar surface area (TPSA) is 117 Å². The zero-order valence-corrected chi connectivity index (χ0v) is 24.3. The molecule has 0 aromatic heterocycles. The van der Waals surface area contributed by atoms with E-state index in [9.17, 15) is 20.0 Å². The van der Waals surface area contributed by atoms with Gasteiger partial charge in [-0.15, -0.1) is 0 Å². The molecule has 0 N–H and O–H groups in total. The smallest absolute Gasteiger partial charge is 0.616 e. The summed E-state index contributed by atoms with van der Waals surface area (Å²) in [7, 11) is 3.16. The molecule has 2 aromatic carbocycles. The largest absolute Gasteiger partial charge is 1.00 e. The number of nitrogens with zero attached hydrogens (tertiary/aromatic N) is 3. The molecule has 3 rings (SSSR count). The fourth-order valence-corrected chi connectivity index (χ4v) is 4.07. The van der Waals surface area contributed by atoms with Crippen LogP contribution in [0.3, 0.4) is 0 Å². The van der Waals surface area contributed by atoms with Crippen LogP contribution in [0.25, 0.3) is 0 Å². The van der Waals surface area contributed by atoms with E-state index in [1.165, 1.54) is 25.3 Å². The third-order valence-electron chi connectivity index (χ3n) is 5.73. The van der Waals surface area contributed by atoms with Crippen molar-refractivity contribution in [1.29, 1.82) is 0 Å². The summed E-state index contributed by atoms with van der Waals surface area (Å²) in [5, 5.41) is 24.0. The summed E-state index contributed by atoms with van der Waals surface area (Å²) in [6.07, 6.45) is 0. The quantitative estimate of drug-likeness (QED) is 0.155. The molecule has 9 nitrogen and oxygen atoms in total. The second-order valence-corrected chi connectivity index (χ2v) is 8.25. The molecule has 0 radical (unpaired) electrons. The van der Waals surface area contributed by atoms with Crippen molar-refractivity contribution in [3.8, 4) is 0 Å². The van der Waals surface area contributed by atoms with E-state index in [2.05, 4.69) is 4.99 Å². The second kappa shape index (κ2) is 13.8. The average molecular weight is 518 g/mol. The average Bonchev–Trinajstić information content (AvgIpc) is 2.83. The van der Waals surface area contributed by atoms with Crippen LogP contribution in [0.2, 0.25) is 0 Å². The molecule has 0 spiro atoms. The number of likely N-dealkylation sites (N-methyl/N-ethyl adjacent to an activating group) is 1. The number of carbonyl (C=O) groups excluding carboxylic acids is 1. The van der Waals surface area contributed by atoms with Crippen molar-refractivity contribution < 1.29 is 75.7 Å². The SMILES string of the molecule is CO/C([O-])=C1\C(C)=NC(C)=C(C(=O)OCCN(C)Cc2ccccc2)C1c1cccc([N+](=O)[O-])c1.[K+]. The van der Waals surface area contributed by atoms with Crippen LogP contribution < -0.4 is 56.5 Å². The van der Waals surface area contributed by atoms with Gasteiger partial charge in [0, 0.05) is 48.1 Å². The van der Waals surface area contributed by atoms with Crippen LogP contribution in [-0.4, -0.2) is 48.8 Å². The minimum atomic E-state index is -0.908. The molecular formula is C26H28KN3O6. The summed E-state index contributed by atoms with van der Waals surface area (Å²) in [5.41, 5.74) is 2.45. The standard InChI is InChI=1S/C26H29N3O6.K/c1-17-22(25(30)34-4)24(20-11-8-12-21(15-20)29(32)33)23(18(2)27-17)26(31)35-14-13-28(3)16-19-9-6-5-7-10-19;/h5-12,15,24,30H,13-14,16H2,1-4H3;/q;+1/p-1/b25-22+;. The maximum atomic E-state index is 13.2. The van der Waals surface area contributed by atoms with Gasteiger partial charge in [-0.25, -0.2) is 4.79 Å². The summed E-state index contributed by atoms with van der Waals surface area (Å²) in [4.78, 5) is 30.5. The van der Waals surface area contributed by atoms with Crippen LogP contribution in [0.5, 0.6) is 0 Å². The molecule has 0 fully saturated rings. The van der Waals surface area contributed by atoms with Crippen molar-refractivity contribution in [2.45, 2.75) is 26.3 Å². The Morgan fingerprint density at radius 2 is 1.83 bits per heavy atom. The number of ether oxygens (including phenoxy) is 2. The first-order chi connectivity index (χ1) is 16.7. The monoisotopic (exact) mass is 517 g/mol. The maximum absolute atomic E-state index is 13.2. The first kappa shape index (κ1) is 29.9. The van der Waals surface area contributed by atoms with Crippen LogP contribution in [-0.2, 0) is 20.8 Å². The van der Waals surface area contributed by atoms with Crippen molar-refractivity contribution >= 4 is 17.4 Å². The number of carbonyl (C=O) groups is 1. The molecule has 0 saturated heterocycles. The Morgan fingerprint density at radius 3 is 2.47 bits per heavy atom. The summed E-state index contributed by atoms with van der Waals surface area (Å²) >= 11 is 0. The summed E-state index contributed by atoms with van der Waals surface area (Å²) in [6.45, 7) is 4.60. The van der Waals surface area contributed by atoms with E-state index in [0.29, 0.717) is 30.1 Å². The van der Waals surface area contributed by atoms with E-state index in [-0.39, 0.29) is 74.8 Å². The molecule has 1 aliphatic heterocycles. The Kier molecular flexibility index (Phi) is 11.5. The Balaban J connectivity index is 0.00000456. The van der Waals surface area contributed by atoms with E-state index in [1.54, 1.807) is 19.9 Å². The molecular weight excluding hydrogens is 489 g/mol. The molecule has 0 amide bonds. The molecule has 1 unspecified atom stereocenters. The Hall–Kier alpha value is -2.34. The Bertz CT molecular complexity index is 1190. The summed E-state index contributed by atoms with van der Waals surface area (Å²) < 4.78 is 10.5. The van der Waals surface area contributed by atoms with Crippen molar-refractivity contribution in [2.75, 3.05) is 27.3 Å². The Morgan fingerprint density at radius 1 is 1.14 bits per heavy atom. The number of allylic oxidation sites excluding steroid dienone is 2. The Labute approximate surface area is 253 Å². The minimum absolute atomic E-state index is 0. The van der Waals surface area contributed by atoms with E-state index in [0.717, 1.165) is 5.56 Å². The second-order valence-electron chi connectivity index (χ2n) is 8.25. The number of nitro groups is 1. The minimum Gasteiger partial charge on any atom is -0.616 e. The number of nitro benzene ring substituents is 1. The first-order valence-corrected chi connectivity index (χ1v) is 11.1. The first-order valence-electron chi connectivity index (χ1n) is 11.1. The number of esters is 1. The van der Waals surface area contributed by atoms with Crippen LogP contribution in [0, 0.1) is 10.1 Å². The fourth-order valence-electron chi connectivity index (χ4n) is 4.07. The summed E-state index contributed by atoms with van der Waals surface area (Å²) in [5.74, 6) is -2.21. The van der Waals surface area contributed by atoms with Gasteiger partial charge in [-0.3, -0.25) is 20.0 Å². The molecule has 2 aromatic rings. The molecule has 0 bridgehead atoms. The van der Waals surface area contributed by atoms with Gasteiger partial charge >= 0.3 is 57.4 Å². The van der Waals surface area contributed by atoms with Gasteiger partial charge in [0.1, 0.15) is 6.61 Å². The number of hydrogen-bond acceptors (Lipinski definition) is 8. The van der Waals surface area contributed by atoms with Gasteiger partial charge in [-0.2, -0.15) is 0 Å². The summed E-state index contributed by atoms with van der Waals surface area (Å²) in [6, 6.07) is 15.8. The number of benzene rings is 2. The van der Waals surface area contributed by atoms with Crippen LogP contribution in [0.4, 0.5) is 5.69 Å². The van der Waals surface area contributed by atoms with Gasteiger partial charge in [0.2, 0.25) is 0 Å². The molecule has 36 heavy (non-hydrogen) atoms.